The number of amides is 1. The van der Waals surface area contributed by atoms with Gasteiger partial charge in [0.25, 0.3) is 0 Å². The number of hydrogen-bond acceptors (Lipinski definition) is 5. The monoisotopic (exact) mass is 317 g/mol. The Bertz CT molecular complexity index is 680. The summed E-state index contributed by atoms with van der Waals surface area (Å²) in [4.78, 5) is 20.0. The Labute approximate surface area is 135 Å². The topological polar surface area (TPSA) is 81.1 Å². The summed E-state index contributed by atoms with van der Waals surface area (Å²) in [6.07, 6.45) is 8.50. The van der Waals surface area contributed by atoms with Crippen LogP contribution in [0.25, 0.3) is 11.2 Å². The zero-order valence-corrected chi connectivity index (χ0v) is 13.6. The summed E-state index contributed by atoms with van der Waals surface area (Å²) in [5, 5.41) is 6.30. The van der Waals surface area contributed by atoms with E-state index in [1.54, 1.807) is 12.4 Å². The number of fused-ring (bicyclic) bond motifs is 1. The van der Waals surface area contributed by atoms with Crippen molar-refractivity contribution in [3.05, 3.63) is 24.2 Å². The SMILES string of the molecule is COC(=O)NCCCn1cc(C(C)NC2CC2)c2nccnc21. The van der Waals surface area contributed by atoms with Crippen LogP contribution >= 0.6 is 0 Å². The molecule has 2 aromatic heterocycles. The summed E-state index contributed by atoms with van der Waals surface area (Å²) in [7, 11) is 1.37. The van der Waals surface area contributed by atoms with Gasteiger partial charge in [0.05, 0.1) is 7.11 Å². The van der Waals surface area contributed by atoms with E-state index in [-0.39, 0.29) is 6.04 Å². The van der Waals surface area contributed by atoms with Gasteiger partial charge in [-0.25, -0.2) is 9.78 Å². The molecule has 7 nitrogen and oxygen atoms in total. The molecule has 0 saturated heterocycles. The van der Waals surface area contributed by atoms with Crippen LogP contribution in [0.2, 0.25) is 0 Å². The Morgan fingerprint density at radius 3 is 2.96 bits per heavy atom. The number of nitrogens with zero attached hydrogens (tertiary/aromatic N) is 3. The minimum Gasteiger partial charge on any atom is -0.453 e. The van der Waals surface area contributed by atoms with Crippen LogP contribution in [0.3, 0.4) is 0 Å². The third-order valence-corrected chi connectivity index (χ3v) is 4.08. The zero-order chi connectivity index (χ0) is 16.2. The van der Waals surface area contributed by atoms with Crippen molar-refractivity contribution in [2.24, 2.45) is 0 Å². The first kappa shape index (κ1) is 15.7. The van der Waals surface area contributed by atoms with Crippen molar-refractivity contribution in [1.82, 2.24) is 25.2 Å². The number of carbonyl (C=O) groups excluding carboxylic acids is 1. The molecule has 2 aromatic rings. The number of aryl methyl sites for hydroxylation is 1. The van der Waals surface area contributed by atoms with Crippen molar-refractivity contribution in [3.8, 4) is 0 Å². The third-order valence-electron chi connectivity index (χ3n) is 4.08. The van der Waals surface area contributed by atoms with Crippen LogP contribution in [0.4, 0.5) is 4.79 Å². The van der Waals surface area contributed by atoms with Crippen LogP contribution in [0.15, 0.2) is 18.6 Å². The summed E-state index contributed by atoms with van der Waals surface area (Å²) in [5.41, 5.74) is 3.03. The van der Waals surface area contributed by atoms with E-state index >= 15 is 0 Å². The van der Waals surface area contributed by atoms with Gasteiger partial charge in [-0.3, -0.25) is 4.98 Å². The van der Waals surface area contributed by atoms with E-state index in [2.05, 4.69) is 43.0 Å². The number of hydrogen-bond donors (Lipinski definition) is 2. The molecule has 1 aliphatic carbocycles. The van der Waals surface area contributed by atoms with Crippen LogP contribution in [-0.2, 0) is 11.3 Å². The Balaban J connectivity index is 1.70. The van der Waals surface area contributed by atoms with Gasteiger partial charge < -0.3 is 19.9 Å². The van der Waals surface area contributed by atoms with Gasteiger partial charge in [-0.15, -0.1) is 0 Å². The Hall–Kier alpha value is -2.15. The quantitative estimate of drug-likeness (QED) is 0.763. The van der Waals surface area contributed by atoms with Crippen molar-refractivity contribution in [3.63, 3.8) is 0 Å². The van der Waals surface area contributed by atoms with Crippen LogP contribution in [-0.4, -0.2) is 40.3 Å². The number of alkyl carbamates (subject to hydrolysis) is 1. The molecular weight excluding hydrogens is 294 g/mol. The number of nitrogens with one attached hydrogen (secondary N) is 2. The van der Waals surface area contributed by atoms with E-state index in [9.17, 15) is 4.79 Å². The molecule has 0 spiro atoms. The largest absolute Gasteiger partial charge is 0.453 e. The Morgan fingerprint density at radius 1 is 1.43 bits per heavy atom. The van der Waals surface area contributed by atoms with Crippen molar-refractivity contribution in [1.29, 1.82) is 0 Å². The van der Waals surface area contributed by atoms with Gasteiger partial charge in [-0.1, -0.05) is 0 Å². The van der Waals surface area contributed by atoms with E-state index in [1.807, 2.05) is 0 Å². The first-order valence-electron chi connectivity index (χ1n) is 8.06. The van der Waals surface area contributed by atoms with Crippen LogP contribution in [0.1, 0.15) is 37.8 Å². The molecule has 0 aromatic carbocycles. The number of carbonyl (C=O) groups is 1. The van der Waals surface area contributed by atoms with Gasteiger partial charge in [0, 0.05) is 49.3 Å². The Morgan fingerprint density at radius 2 is 2.22 bits per heavy atom. The highest BCUT2D eigenvalue weighted by Gasteiger charge is 2.25. The fraction of sp³-hybridized carbons (Fsp3) is 0.562. The number of methoxy groups -OCH3 is 1. The highest BCUT2D eigenvalue weighted by Crippen LogP contribution is 2.28. The highest BCUT2D eigenvalue weighted by molar-refractivity contribution is 5.76. The molecule has 2 heterocycles. The first-order valence-corrected chi connectivity index (χ1v) is 8.06. The maximum Gasteiger partial charge on any atom is 0.406 e. The van der Waals surface area contributed by atoms with E-state index in [0.717, 1.165) is 24.1 Å². The van der Waals surface area contributed by atoms with Gasteiger partial charge in [-0.05, 0) is 26.2 Å². The summed E-state index contributed by atoms with van der Waals surface area (Å²) < 4.78 is 6.68. The predicted molar refractivity (Wildman–Crippen MR) is 87.1 cm³/mol. The van der Waals surface area contributed by atoms with Crippen molar-refractivity contribution < 1.29 is 9.53 Å². The first-order chi connectivity index (χ1) is 11.2. The molecule has 1 aliphatic rings. The lowest BCUT2D eigenvalue weighted by Gasteiger charge is -2.11. The van der Waals surface area contributed by atoms with Crippen molar-refractivity contribution in [2.45, 2.75) is 44.8 Å². The average Bonchev–Trinajstić information content (AvgIpc) is 3.30. The molecule has 1 saturated carbocycles. The molecule has 1 unspecified atom stereocenters. The lowest BCUT2D eigenvalue weighted by atomic mass is 10.1. The van der Waals surface area contributed by atoms with Crippen molar-refractivity contribution in [2.75, 3.05) is 13.7 Å². The molecule has 23 heavy (non-hydrogen) atoms. The average molecular weight is 317 g/mol. The summed E-state index contributed by atoms with van der Waals surface area (Å²) >= 11 is 0. The van der Waals surface area contributed by atoms with Gasteiger partial charge >= 0.3 is 6.09 Å². The number of rotatable bonds is 7. The maximum atomic E-state index is 11.1. The molecule has 0 aliphatic heterocycles. The van der Waals surface area contributed by atoms with Gasteiger partial charge in [0.2, 0.25) is 0 Å². The standard InChI is InChI=1S/C16H23N5O2/c1-11(20-12-4-5-12)13-10-21(9-3-6-19-16(22)23-2)15-14(13)17-7-8-18-15/h7-8,10-12,20H,3-6,9H2,1-2H3,(H,19,22). The summed E-state index contributed by atoms with van der Waals surface area (Å²) in [6, 6.07) is 0.903. The van der Waals surface area contributed by atoms with E-state index in [1.165, 1.54) is 25.5 Å². The molecule has 1 atom stereocenters. The maximum absolute atomic E-state index is 11.1. The second-order valence-electron chi connectivity index (χ2n) is 5.94. The predicted octanol–water partition coefficient (Wildman–Crippen LogP) is 1.99. The minimum absolute atomic E-state index is 0.260. The molecule has 3 rings (SSSR count). The fourth-order valence-electron chi connectivity index (χ4n) is 2.73. The second kappa shape index (κ2) is 6.95. The molecule has 7 heteroatoms. The van der Waals surface area contributed by atoms with Gasteiger partial charge in [0.15, 0.2) is 5.65 Å². The van der Waals surface area contributed by atoms with Crippen LogP contribution < -0.4 is 10.6 Å². The lowest BCUT2D eigenvalue weighted by molar-refractivity contribution is 0.171. The highest BCUT2D eigenvalue weighted by atomic mass is 16.5. The van der Waals surface area contributed by atoms with E-state index < -0.39 is 6.09 Å². The number of ether oxygens (including phenoxy) is 1. The lowest BCUT2D eigenvalue weighted by Crippen LogP contribution is -2.24. The molecule has 2 N–H and O–H groups in total. The van der Waals surface area contributed by atoms with Crippen LogP contribution in [0, 0.1) is 0 Å². The van der Waals surface area contributed by atoms with Crippen LogP contribution in [0.5, 0.6) is 0 Å². The molecule has 0 radical (unpaired) electrons. The van der Waals surface area contributed by atoms with E-state index in [4.69, 9.17) is 0 Å². The smallest absolute Gasteiger partial charge is 0.406 e. The molecule has 1 fully saturated rings. The zero-order valence-electron chi connectivity index (χ0n) is 13.6. The molecule has 1 amide bonds. The second-order valence-corrected chi connectivity index (χ2v) is 5.94. The molecular formula is C16H23N5O2. The molecule has 124 valence electrons. The normalized spacial score (nSPS) is 15.6. The van der Waals surface area contributed by atoms with Crippen molar-refractivity contribution >= 4 is 17.3 Å². The fourth-order valence-corrected chi connectivity index (χ4v) is 2.73. The Kier molecular flexibility index (Phi) is 4.76. The number of aromatic nitrogens is 3. The molecule has 0 bridgehead atoms. The van der Waals surface area contributed by atoms with Gasteiger partial charge in [0.1, 0.15) is 5.52 Å². The van der Waals surface area contributed by atoms with Gasteiger partial charge in [-0.2, -0.15) is 0 Å². The summed E-state index contributed by atoms with van der Waals surface area (Å²) in [5.74, 6) is 0. The third kappa shape index (κ3) is 3.79. The summed E-state index contributed by atoms with van der Waals surface area (Å²) in [6.45, 7) is 3.51. The van der Waals surface area contributed by atoms with E-state index in [0.29, 0.717) is 12.6 Å². The minimum atomic E-state index is -0.398.